The lowest BCUT2D eigenvalue weighted by Crippen LogP contribution is -2.24. The topological polar surface area (TPSA) is 65.8 Å². The van der Waals surface area contributed by atoms with E-state index in [4.69, 9.17) is 5.26 Å². The minimum absolute atomic E-state index is 0.161. The Morgan fingerprint density at radius 2 is 2.50 bits per heavy atom. The molecule has 0 unspecified atom stereocenters. The smallest absolute Gasteiger partial charge is 0.251 e. The first-order valence-corrected chi connectivity index (χ1v) is 4.32. The third kappa shape index (κ3) is 2.87. The zero-order valence-electron chi connectivity index (χ0n) is 7.95. The van der Waals surface area contributed by atoms with E-state index in [1.165, 1.54) is 0 Å². The Kier molecular flexibility index (Phi) is 3.62. The number of carbonyl (C=O) groups is 1. The molecule has 1 heterocycles. The fraction of sp³-hybridized carbons (Fsp3) is 0.300. The van der Waals surface area contributed by atoms with Crippen molar-refractivity contribution in [2.24, 2.45) is 0 Å². The molecule has 1 aromatic heterocycles. The molecule has 0 radical (unpaired) electrons. The molecule has 1 amide bonds. The summed E-state index contributed by atoms with van der Waals surface area (Å²) in [5.74, 6) is -0.161. The lowest BCUT2D eigenvalue weighted by Gasteiger charge is -2.02. The number of hydrogen-bond donors (Lipinski definition) is 1. The number of nitrogens with one attached hydrogen (secondary N) is 1. The SMILES string of the molecule is Cc1cc(C(=O)NCCC#N)ccn1. The van der Waals surface area contributed by atoms with E-state index in [9.17, 15) is 4.79 Å². The van der Waals surface area contributed by atoms with Gasteiger partial charge in [0.2, 0.25) is 0 Å². The first kappa shape index (κ1) is 10.2. The average molecular weight is 189 g/mol. The first-order chi connectivity index (χ1) is 6.74. The number of aromatic nitrogens is 1. The van der Waals surface area contributed by atoms with Crippen LogP contribution in [-0.2, 0) is 0 Å². The van der Waals surface area contributed by atoms with E-state index < -0.39 is 0 Å². The van der Waals surface area contributed by atoms with Crippen LogP contribution in [0.25, 0.3) is 0 Å². The van der Waals surface area contributed by atoms with E-state index in [-0.39, 0.29) is 5.91 Å². The summed E-state index contributed by atoms with van der Waals surface area (Å²) in [7, 11) is 0. The van der Waals surface area contributed by atoms with E-state index in [0.29, 0.717) is 18.5 Å². The second kappa shape index (κ2) is 4.97. The maximum absolute atomic E-state index is 11.4. The molecule has 1 aromatic rings. The zero-order chi connectivity index (χ0) is 10.4. The highest BCUT2D eigenvalue weighted by Gasteiger charge is 2.03. The van der Waals surface area contributed by atoms with E-state index >= 15 is 0 Å². The van der Waals surface area contributed by atoms with Crippen molar-refractivity contribution in [2.75, 3.05) is 6.54 Å². The number of hydrogen-bond acceptors (Lipinski definition) is 3. The summed E-state index contributed by atoms with van der Waals surface area (Å²) in [6.07, 6.45) is 1.92. The number of pyridine rings is 1. The highest BCUT2D eigenvalue weighted by molar-refractivity contribution is 5.94. The number of carbonyl (C=O) groups excluding carboxylic acids is 1. The predicted octanol–water partition coefficient (Wildman–Crippen LogP) is 1.03. The molecule has 0 bridgehead atoms. The summed E-state index contributed by atoms with van der Waals surface area (Å²) in [5, 5.41) is 10.9. The van der Waals surface area contributed by atoms with Crippen molar-refractivity contribution in [3.05, 3.63) is 29.6 Å². The predicted molar refractivity (Wildman–Crippen MR) is 51.5 cm³/mol. The average Bonchev–Trinajstić information content (AvgIpc) is 2.18. The van der Waals surface area contributed by atoms with Gasteiger partial charge >= 0.3 is 0 Å². The van der Waals surface area contributed by atoms with Gasteiger partial charge in [0.05, 0.1) is 12.5 Å². The van der Waals surface area contributed by atoms with E-state index in [0.717, 1.165) is 5.69 Å². The molecule has 0 atom stereocenters. The Hall–Kier alpha value is -1.89. The molecule has 0 fully saturated rings. The van der Waals surface area contributed by atoms with Crippen molar-refractivity contribution >= 4 is 5.91 Å². The molecule has 0 saturated heterocycles. The molecule has 0 spiro atoms. The van der Waals surface area contributed by atoms with Crippen LogP contribution in [0.15, 0.2) is 18.3 Å². The van der Waals surface area contributed by atoms with Crippen molar-refractivity contribution in [3.63, 3.8) is 0 Å². The molecular weight excluding hydrogens is 178 g/mol. The molecule has 0 aliphatic carbocycles. The molecule has 4 heteroatoms. The van der Waals surface area contributed by atoms with Gasteiger partial charge in [-0.15, -0.1) is 0 Å². The van der Waals surface area contributed by atoms with Crippen molar-refractivity contribution in [2.45, 2.75) is 13.3 Å². The van der Waals surface area contributed by atoms with Gasteiger partial charge in [0.1, 0.15) is 0 Å². The van der Waals surface area contributed by atoms with Gasteiger partial charge in [0, 0.05) is 24.0 Å². The molecular formula is C10H11N3O. The Morgan fingerprint density at radius 1 is 1.71 bits per heavy atom. The normalized spacial score (nSPS) is 9.14. The van der Waals surface area contributed by atoms with Crippen molar-refractivity contribution < 1.29 is 4.79 Å². The number of rotatable bonds is 3. The van der Waals surface area contributed by atoms with E-state index in [2.05, 4.69) is 10.3 Å². The van der Waals surface area contributed by atoms with Crippen molar-refractivity contribution in [1.82, 2.24) is 10.3 Å². The van der Waals surface area contributed by atoms with E-state index in [1.807, 2.05) is 13.0 Å². The maximum Gasteiger partial charge on any atom is 0.251 e. The Morgan fingerprint density at radius 3 is 3.14 bits per heavy atom. The standard InChI is InChI=1S/C10H11N3O/c1-8-7-9(3-6-12-8)10(14)13-5-2-4-11/h3,6-7H,2,5H2,1H3,(H,13,14). The van der Waals surface area contributed by atoms with Crippen LogP contribution in [0.4, 0.5) is 0 Å². The van der Waals surface area contributed by atoms with Crippen molar-refractivity contribution in [3.8, 4) is 6.07 Å². The summed E-state index contributed by atoms with van der Waals surface area (Å²) in [4.78, 5) is 15.4. The first-order valence-electron chi connectivity index (χ1n) is 4.32. The van der Waals surface area contributed by atoms with Gasteiger partial charge in [0.15, 0.2) is 0 Å². The van der Waals surface area contributed by atoms with Gasteiger partial charge in [-0.3, -0.25) is 9.78 Å². The number of nitrogens with zero attached hydrogens (tertiary/aromatic N) is 2. The largest absolute Gasteiger partial charge is 0.351 e. The third-order valence-electron chi connectivity index (χ3n) is 1.68. The van der Waals surface area contributed by atoms with Crippen molar-refractivity contribution in [1.29, 1.82) is 5.26 Å². The summed E-state index contributed by atoms with van der Waals surface area (Å²) in [6, 6.07) is 5.32. The van der Waals surface area contributed by atoms with E-state index in [1.54, 1.807) is 18.3 Å². The summed E-state index contributed by atoms with van der Waals surface area (Å²) in [5.41, 5.74) is 1.38. The molecule has 0 aliphatic heterocycles. The summed E-state index contributed by atoms with van der Waals surface area (Å²) < 4.78 is 0. The van der Waals surface area contributed by atoms with Crippen LogP contribution >= 0.6 is 0 Å². The van der Waals surface area contributed by atoms with Gasteiger partial charge in [0.25, 0.3) is 5.91 Å². The summed E-state index contributed by atoms with van der Waals surface area (Å²) in [6.45, 7) is 2.21. The van der Waals surface area contributed by atoms with Crippen LogP contribution in [-0.4, -0.2) is 17.4 Å². The maximum atomic E-state index is 11.4. The van der Waals surface area contributed by atoms with Crippen LogP contribution < -0.4 is 5.32 Å². The quantitative estimate of drug-likeness (QED) is 0.722. The Balaban J connectivity index is 2.57. The van der Waals surface area contributed by atoms with Crippen LogP contribution in [0.2, 0.25) is 0 Å². The zero-order valence-corrected chi connectivity index (χ0v) is 7.95. The van der Waals surface area contributed by atoms with Gasteiger partial charge in [-0.1, -0.05) is 0 Å². The molecule has 1 N–H and O–H groups in total. The monoisotopic (exact) mass is 189 g/mol. The summed E-state index contributed by atoms with van der Waals surface area (Å²) >= 11 is 0. The molecule has 14 heavy (non-hydrogen) atoms. The molecule has 0 aliphatic rings. The minimum Gasteiger partial charge on any atom is -0.351 e. The molecule has 1 rings (SSSR count). The van der Waals surface area contributed by atoms with Gasteiger partial charge in [-0.2, -0.15) is 5.26 Å². The highest BCUT2D eigenvalue weighted by atomic mass is 16.1. The fourth-order valence-corrected chi connectivity index (χ4v) is 1.02. The second-order valence-corrected chi connectivity index (χ2v) is 2.85. The van der Waals surface area contributed by atoms with Gasteiger partial charge in [-0.25, -0.2) is 0 Å². The fourth-order valence-electron chi connectivity index (χ4n) is 1.02. The van der Waals surface area contributed by atoms with Gasteiger partial charge < -0.3 is 5.32 Å². The van der Waals surface area contributed by atoms with Crippen LogP contribution in [0.1, 0.15) is 22.5 Å². The highest BCUT2D eigenvalue weighted by Crippen LogP contribution is 1.99. The second-order valence-electron chi connectivity index (χ2n) is 2.85. The Bertz CT molecular complexity index is 368. The molecule has 72 valence electrons. The number of nitriles is 1. The van der Waals surface area contributed by atoms with Crippen LogP contribution in [0.5, 0.6) is 0 Å². The van der Waals surface area contributed by atoms with Crippen LogP contribution in [0, 0.1) is 18.3 Å². The third-order valence-corrected chi connectivity index (χ3v) is 1.68. The number of amides is 1. The molecule has 0 aromatic carbocycles. The van der Waals surface area contributed by atoms with Crippen LogP contribution in [0.3, 0.4) is 0 Å². The molecule has 0 saturated carbocycles. The Labute approximate surface area is 82.6 Å². The lowest BCUT2D eigenvalue weighted by atomic mass is 10.2. The van der Waals surface area contributed by atoms with Gasteiger partial charge in [-0.05, 0) is 19.1 Å². The molecule has 4 nitrogen and oxygen atoms in total. The lowest BCUT2D eigenvalue weighted by molar-refractivity contribution is 0.0954. The number of aryl methyl sites for hydroxylation is 1. The minimum atomic E-state index is -0.161.